The van der Waals surface area contributed by atoms with Gasteiger partial charge in [-0.1, -0.05) is 0 Å². The highest BCUT2D eigenvalue weighted by Gasteiger charge is 2.02. The molecule has 1 aliphatic heterocycles. The predicted octanol–water partition coefficient (Wildman–Crippen LogP) is 1.30. The zero-order chi connectivity index (χ0) is 6.10. The highest BCUT2D eigenvalue weighted by Crippen LogP contribution is 2.19. The van der Waals surface area contributed by atoms with Gasteiger partial charge in [0.05, 0.1) is 11.9 Å². The van der Waals surface area contributed by atoms with Crippen molar-refractivity contribution in [3.05, 3.63) is 30.2 Å². The number of pyridine rings is 1. The van der Waals surface area contributed by atoms with Crippen LogP contribution in [0.2, 0.25) is 0 Å². The maximum atomic E-state index is 4.06. The second-order valence-corrected chi connectivity index (χ2v) is 1.88. The predicted molar refractivity (Wildman–Crippen MR) is 35.1 cm³/mol. The minimum atomic E-state index is 0.970. The average molecular weight is 117 g/mol. The summed E-state index contributed by atoms with van der Waals surface area (Å²) in [7, 11) is 0. The van der Waals surface area contributed by atoms with E-state index >= 15 is 0 Å². The van der Waals surface area contributed by atoms with E-state index in [9.17, 15) is 0 Å². The summed E-state index contributed by atoms with van der Waals surface area (Å²) in [6.07, 6.45) is 7.28. The third kappa shape index (κ3) is 0.598. The standard InChI is InChI=1S/C7H5N2/c1-3-8-5-7-6(1)2-4-9-7/h1-5H. The van der Waals surface area contributed by atoms with Crippen molar-refractivity contribution in [3.63, 3.8) is 0 Å². The first-order valence-electron chi connectivity index (χ1n) is 2.78. The lowest BCUT2D eigenvalue weighted by Crippen LogP contribution is -1.81. The Morgan fingerprint density at radius 1 is 1.33 bits per heavy atom. The number of nitrogens with zero attached hydrogens (tertiary/aromatic N) is 2. The van der Waals surface area contributed by atoms with Gasteiger partial charge in [-0.05, 0) is 12.1 Å². The molecule has 0 atom stereocenters. The second-order valence-electron chi connectivity index (χ2n) is 1.88. The van der Waals surface area contributed by atoms with Crippen molar-refractivity contribution >= 4 is 11.8 Å². The van der Waals surface area contributed by atoms with Gasteiger partial charge in [0, 0.05) is 18.0 Å². The first kappa shape index (κ1) is 4.56. The largest absolute Gasteiger partial charge is 0.262 e. The van der Waals surface area contributed by atoms with Crippen LogP contribution in [0.15, 0.2) is 24.7 Å². The normalized spacial score (nSPS) is 12.9. The Labute approximate surface area is 53.2 Å². The highest BCUT2D eigenvalue weighted by molar-refractivity contribution is 5.67. The first-order valence-corrected chi connectivity index (χ1v) is 2.78. The molecule has 0 aliphatic carbocycles. The first-order chi connectivity index (χ1) is 4.47. The van der Waals surface area contributed by atoms with Crippen molar-refractivity contribution in [2.24, 2.45) is 0 Å². The van der Waals surface area contributed by atoms with E-state index in [0.717, 1.165) is 11.3 Å². The van der Waals surface area contributed by atoms with Crippen molar-refractivity contribution in [1.82, 2.24) is 10.3 Å². The van der Waals surface area contributed by atoms with E-state index in [4.69, 9.17) is 0 Å². The molecule has 9 heavy (non-hydrogen) atoms. The number of hydrogen-bond acceptors (Lipinski definition) is 1. The van der Waals surface area contributed by atoms with Crippen LogP contribution in [0.1, 0.15) is 5.56 Å². The fourth-order valence-corrected chi connectivity index (χ4v) is 0.844. The molecule has 0 saturated carbocycles. The lowest BCUT2D eigenvalue weighted by atomic mass is 10.2. The molecule has 0 aromatic carbocycles. The van der Waals surface area contributed by atoms with Gasteiger partial charge in [-0.3, -0.25) is 10.3 Å². The Balaban J connectivity index is 2.63. The van der Waals surface area contributed by atoms with Gasteiger partial charge in [0.25, 0.3) is 0 Å². The summed E-state index contributed by atoms with van der Waals surface area (Å²) in [5.41, 5.74) is 2.13. The van der Waals surface area contributed by atoms with Crippen LogP contribution in [0, 0.1) is 0 Å². The van der Waals surface area contributed by atoms with E-state index in [0.29, 0.717) is 0 Å². The van der Waals surface area contributed by atoms with Gasteiger partial charge < -0.3 is 0 Å². The minimum Gasteiger partial charge on any atom is -0.262 e. The Bertz CT molecular complexity index is 253. The number of hydrogen-bond donors (Lipinski definition) is 0. The van der Waals surface area contributed by atoms with Crippen molar-refractivity contribution in [2.75, 3.05) is 0 Å². The maximum absolute atomic E-state index is 4.06. The molecule has 2 nitrogen and oxygen atoms in total. The minimum absolute atomic E-state index is 0.970. The average Bonchev–Trinajstić information content (AvgIpc) is 2.33. The summed E-state index contributed by atoms with van der Waals surface area (Å²) in [6, 6.07) is 1.95. The molecular weight excluding hydrogens is 112 g/mol. The maximum Gasteiger partial charge on any atom is 0.0885 e. The Morgan fingerprint density at radius 3 is 3.22 bits per heavy atom. The summed E-state index contributed by atoms with van der Waals surface area (Å²) in [6.45, 7) is 0. The molecule has 1 aromatic rings. The summed E-state index contributed by atoms with van der Waals surface area (Å²) in [5, 5.41) is 4.06. The summed E-state index contributed by atoms with van der Waals surface area (Å²) in [5.74, 6) is 0. The van der Waals surface area contributed by atoms with Gasteiger partial charge in [0.15, 0.2) is 0 Å². The van der Waals surface area contributed by atoms with Gasteiger partial charge in [-0.15, -0.1) is 0 Å². The molecule has 1 radical (unpaired) electrons. The SMILES string of the molecule is C1=Cc2ccncc2[N]1. The van der Waals surface area contributed by atoms with Crippen molar-refractivity contribution in [3.8, 4) is 0 Å². The van der Waals surface area contributed by atoms with Crippen LogP contribution in [0.25, 0.3) is 6.08 Å². The van der Waals surface area contributed by atoms with E-state index in [1.807, 2.05) is 12.1 Å². The monoisotopic (exact) mass is 117 g/mol. The second kappa shape index (κ2) is 1.58. The molecule has 0 fully saturated rings. The molecule has 2 heteroatoms. The van der Waals surface area contributed by atoms with Crippen LogP contribution in [-0.2, 0) is 0 Å². The van der Waals surface area contributed by atoms with Gasteiger partial charge >= 0.3 is 0 Å². The molecule has 0 saturated heterocycles. The lowest BCUT2D eigenvalue weighted by molar-refractivity contribution is 1.17. The van der Waals surface area contributed by atoms with E-state index in [1.54, 1.807) is 18.6 Å². The molecule has 2 rings (SSSR count). The summed E-state index contributed by atoms with van der Waals surface area (Å²) in [4.78, 5) is 3.92. The Hall–Kier alpha value is -1.31. The van der Waals surface area contributed by atoms with Crippen LogP contribution < -0.4 is 5.32 Å². The number of fused-ring (bicyclic) bond motifs is 1. The van der Waals surface area contributed by atoms with E-state index in [-0.39, 0.29) is 0 Å². The Morgan fingerprint density at radius 2 is 2.33 bits per heavy atom. The van der Waals surface area contributed by atoms with Gasteiger partial charge in [0.1, 0.15) is 0 Å². The van der Waals surface area contributed by atoms with Crippen molar-refractivity contribution in [2.45, 2.75) is 0 Å². The number of rotatable bonds is 0. The van der Waals surface area contributed by atoms with Crippen molar-refractivity contribution < 1.29 is 0 Å². The number of aromatic nitrogens is 1. The third-order valence-electron chi connectivity index (χ3n) is 1.30. The van der Waals surface area contributed by atoms with Crippen LogP contribution in [0.4, 0.5) is 5.69 Å². The zero-order valence-corrected chi connectivity index (χ0v) is 4.78. The van der Waals surface area contributed by atoms with E-state index < -0.39 is 0 Å². The molecule has 1 aromatic heterocycles. The molecule has 0 unspecified atom stereocenters. The molecule has 43 valence electrons. The van der Waals surface area contributed by atoms with Gasteiger partial charge in [-0.25, -0.2) is 0 Å². The van der Waals surface area contributed by atoms with Crippen LogP contribution in [-0.4, -0.2) is 4.98 Å². The molecule has 0 N–H and O–H groups in total. The molecule has 1 aliphatic rings. The molecule has 0 bridgehead atoms. The molecule has 0 amide bonds. The fourth-order valence-electron chi connectivity index (χ4n) is 0.844. The van der Waals surface area contributed by atoms with Crippen molar-refractivity contribution in [1.29, 1.82) is 0 Å². The van der Waals surface area contributed by atoms with E-state index in [1.165, 1.54) is 0 Å². The van der Waals surface area contributed by atoms with Crippen LogP contribution >= 0.6 is 0 Å². The van der Waals surface area contributed by atoms with Crippen LogP contribution in [0.5, 0.6) is 0 Å². The zero-order valence-electron chi connectivity index (χ0n) is 4.78. The van der Waals surface area contributed by atoms with E-state index in [2.05, 4.69) is 10.3 Å². The van der Waals surface area contributed by atoms with Crippen LogP contribution in [0.3, 0.4) is 0 Å². The molecule has 2 heterocycles. The highest BCUT2D eigenvalue weighted by atomic mass is 14.9. The molecule has 0 spiro atoms. The van der Waals surface area contributed by atoms with Gasteiger partial charge in [-0.2, -0.15) is 0 Å². The smallest absolute Gasteiger partial charge is 0.0885 e. The quantitative estimate of drug-likeness (QED) is 0.503. The third-order valence-corrected chi connectivity index (χ3v) is 1.30. The summed E-state index contributed by atoms with van der Waals surface area (Å²) >= 11 is 0. The molecular formula is C7H5N2. The fraction of sp³-hybridized carbons (Fsp3) is 0. The Kier molecular flexibility index (Phi) is 0.803. The lowest BCUT2D eigenvalue weighted by Gasteiger charge is -1.91. The van der Waals surface area contributed by atoms with Gasteiger partial charge in [0.2, 0.25) is 0 Å². The topological polar surface area (TPSA) is 27.0 Å². The summed E-state index contributed by atoms with van der Waals surface area (Å²) < 4.78 is 0.